The molecule has 0 fully saturated rings. The first-order chi connectivity index (χ1) is 16.0. The number of ether oxygens (including phenoxy) is 1. The van der Waals surface area contributed by atoms with Crippen molar-refractivity contribution in [1.82, 2.24) is 14.7 Å². The van der Waals surface area contributed by atoms with Gasteiger partial charge in [-0.25, -0.2) is 9.37 Å². The van der Waals surface area contributed by atoms with Crippen LogP contribution in [0.5, 0.6) is 5.75 Å². The van der Waals surface area contributed by atoms with Gasteiger partial charge in [0.05, 0.1) is 18.9 Å². The van der Waals surface area contributed by atoms with Gasteiger partial charge in [0, 0.05) is 23.9 Å². The molecule has 4 aromatic rings. The number of carbonyl (C=O) groups excluding carboxylic acids is 2. The van der Waals surface area contributed by atoms with E-state index in [1.54, 1.807) is 19.2 Å². The van der Waals surface area contributed by atoms with E-state index in [0.29, 0.717) is 11.4 Å². The summed E-state index contributed by atoms with van der Waals surface area (Å²) in [6.45, 7) is 0.238. The molecule has 0 saturated heterocycles. The zero-order valence-electron chi connectivity index (χ0n) is 17.5. The van der Waals surface area contributed by atoms with Crippen molar-refractivity contribution in [1.29, 1.82) is 0 Å². The highest BCUT2D eigenvalue weighted by Gasteiger charge is 2.13. The average molecular weight is 446 g/mol. The van der Waals surface area contributed by atoms with E-state index in [9.17, 15) is 18.8 Å². The van der Waals surface area contributed by atoms with Crippen LogP contribution in [0.3, 0.4) is 0 Å². The summed E-state index contributed by atoms with van der Waals surface area (Å²) >= 11 is 0. The Morgan fingerprint density at radius 1 is 1.00 bits per heavy atom. The van der Waals surface area contributed by atoms with Gasteiger partial charge in [-0.3, -0.25) is 18.8 Å². The number of pyridine rings is 1. The number of hydrogen-bond donors (Lipinski definition) is 2. The molecule has 0 saturated carbocycles. The predicted molar refractivity (Wildman–Crippen MR) is 120 cm³/mol. The second-order valence-corrected chi connectivity index (χ2v) is 7.08. The average Bonchev–Trinajstić information content (AvgIpc) is 2.84. The van der Waals surface area contributed by atoms with Crippen molar-refractivity contribution in [2.45, 2.75) is 6.54 Å². The number of carbonyl (C=O) groups is 2. The van der Waals surface area contributed by atoms with Crippen LogP contribution in [-0.4, -0.2) is 28.3 Å². The van der Waals surface area contributed by atoms with E-state index in [1.165, 1.54) is 35.0 Å². The Balaban J connectivity index is 1.55. The molecule has 4 rings (SSSR count). The first-order valence-electron chi connectivity index (χ1n) is 9.94. The normalized spacial score (nSPS) is 10.6. The van der Waals surface area contributed by atoms with Gasteiger partial charge in [-0.2, -0.15) is 0 Å². The lowest BCUT2D eigenvalue weighted by atomic mass is 10.2. The molecule has 0 aliphatic rings. The molecule has 0 bridgehead atoms. The zero-order chi connectivity index (χ0) is 23.4. The second kappa shape index (κ2) is 9.31. The third kappa shape index (κ3) is 4.72. The van der Waals surface area contributed by atoms with E-state index in [-0.39, 0.29) is 23.4 Å². The highest BCUT2D eigenvalue weighted by molar-refractivity contribution is 6.04. The van der Waals surface area contributed by atoms with Crippen molar-refractivity contribution >= 4 is 23.1 Å². The van der Waals surface area contributed by atoms with Crippen LogP contribution >= 0.6 is 0 Å². The Kier molecular flexibility index (Phi) is 6.12. The molecule has 2 amide bonds. The number of rotatable bonds is 6. The van der Waals surface area contributed by atoms with Crippen LogP contribution in [0, 0.1) is 5.82 Å². The monoisotopic (exact) mass is 446 g/mol. The van der Waals surface area contributed by atoms with Gasteiger partial charge in [0.1, 0.15) is 22.9 Å². The van der Waals surface area contributed by atoms with Gasteiger partial charge in [-0.1, -0.05) is 18.2 Å². The molecule has 8 nitrogen and oxygen atoms in total. The molecule has 0 radical (unpaired) electrons. The number of methoxy groups -OCH3 is 1. The van der Waals surface area contributed by atoms with Gasteiger partial charge in [-0.05, 0) is 42.5 Å². The summed E-state index contributed by atoms with van der Waals surface area (Å²) in [5.74, 6) is -0.802. The highest BCUT2D eigenvalue weighted by Crippen LogP contribution is 2.17. The van der Waals surface area contributed by atoms with Crippen LogP contribution in [0.1, 0.15) is 26.3 Å². The number of para-hydroxylation sites is 1. The summed E-state index contributed by atoms with van der Waals surface area (Å²) in [5.41, 5.74) is 0.900. The van der Waals surface area contributed by atoms with E-state index in [0.717, 1.165) is 17.7 Å². The standard InChI is InChI=1S/C24H19FN4O4/c1-33-20-5-3-2-4-16(20)12-27-22(30)17-8-11-21-26-13-19(24(32)29(21)14-17)28-23(31)15-6-9-18(25)10-7-15/h2-11,13-14H,12H2,1H3,(H,27,30)(H,28,31). The molecule has 166 valence electrons. The van der Waals surface area contributed by atoms with E-state index in [2.05, 4.69) is 15.6 Å². The summed E-state index contributed by atoms with van der Waals surface area (Å²) < 4.78 is 19.5. The van der Waals surface area contributed by atoms with Crippen LogP contribution in [0.15, 0.2) is 77.9 Å². The Hall–Kier alpha value is -4.53. The largest absolute Gasteiger partial charge is 0.496 e. The third-order valence-electron chi connectivity index (χ3n) is 4.95. The highest BCUT2D eigenvalue weighted by atomic mass is 19.1. The van der Waals surface area contributed by atoms with E-state index in [1.807, 2.05) is 18.2 Å². The second-order valence-electron chi connectivity index (χ2n) is 7.08. The van der Waals surface area contributed by atoms with E-state index >= 15 is 0 Å². The maximum absolute atomic E-state index is 13.1. The summed E-state index contributed by atoms with van der Waals surface area (Å²) in [6.07, 6.45) is 2.59. The minimum absolute atomic E-state index is 0.0756. The maximum atomic E-state index is 13.1. The fourth-order valence-corrected chi connectivity index (χ4v) is 3.22. The summed E-state index contributed by atoms with van der Waals surface area (Å²) in [4.78, 5) is 42.1. The molecular weight excluding hydrogens is 427 g/mol. The Labute approximate surface area is 187 Å². The summed E-state index contributed by atoms with van der Waals surface area (Å²) in [5, 5.41) is 5.27. The van der Waals surface area contributed by atoms with Crippen LogP contribution in [0.25, 0.3) is 5.65 Å². The lowest BCUT2D eigenvalue weighted by molar-refractivity contribution is 0.0949. The minimum Gasteiger partial charge on any atom is -0.496 e. The SMILES string of the molecule is COc1ccccc1CNC(=O)c1ccc2ncc(NC(=O)c3ccc(F)cc3)c(=O)n2c1. The number of amides is 2. The lowest BCUT2D eigenvalue weighted by Gasteiger charge is -2.10. The number of nitrogens with one attached hydrogen (secondary N) is 2. The molecule has 9 heteroatoms. The molecule has 0 atom stereocenters. The first-order valence-corrected chi connectivity index (χ1v) is 9.94. The maximum Gasteiger partial charge on any atom is 0.281 e. The molecule has 2 aromatic heterocycles. The first kappa shape index (κ1) is 21.7. The Bertz CT molecular complexity index is 1400. The number of halogens is 1. The zero-order valence-corrected chi connectivity index (χ0v) is 17.5. The van der Waals surface area contributed by atoms with Gasteiger partial charge < -0.3 is 15.4 Å². The molecule has 2 heterocycles. The number of aromatic nitrogens is 2. The smallest absolute Gasteiger partial charge is 0.281 e. The molecule has 0 aliphatic heterocycles. The van der Waals surface area contributed by atoms with E-state index < -0.39 is 23.2 Å². The summed E-state index contributed by atoms with van der Waals surface area (Å²) in [7, 11) is 1.55. The van der Waals surface area contributed by atoms with Gasteiger partial charge in [0.2, 0.25) is 0 Å². The molecular formula is C24H19FN4O4. The fourth-order valence-electron chi connectivity index (χ4n) is 3.22. The van der Waals surface area contributed by atoms with Crippen molar-refractivity contribution in [2.24, 2.45) is 0 Å². The number of fused-ring (bicyclic) bond motifs is 1. The van der Waals surface area contributed by atoms with Gasteiger partial charge >= 0.3 is 0 Å². The van der Waals surface area contributed by atoms with Gasteiger partial charge in [0.25, 0.3) is 17.4 Å². The molecule has 2 N–H and O–H groups in total. The van der Waals surface area contributed by atoms with Gasteiger partial charge in [-0.15, -0.1) is 0 Å². The molecule has 2 aromatic carbocycles. The predicted octanol–water partition coefficient (Wildman–Crippen LogP) is 3.02. The lowest BCUT2D eigenvalue weighted by Crippen LogP contribution is -2.26. The number of hydrogen-bond acceptors (Lipinski definition) is 5. The van der Waals surface area contributed by atoms with Gasteiger partial charge in [0.15, 0.2) is 0 Å². The van der Waals surface area contributed by atoms with Crippen molar-refractivity contribution in [3.8, 4) is 5.75 Å². The van der Waals surface area contributed by atoms with Crippen LogP contribution in [0.2, 0.25) is 0 Å². The van der Waals surface area contributed by atoms with Crippen LogP contribution in [0.4, 0.5) is 10.1 Å². The van der Waals surface area contributed by atoms with Crippen LogP contribution in [-0.2, 0) is 6.54 Å². The third-order valence-corrected chi connectivity index (χ3v) is 4.95. The minimum atomic E-state index is -0.584. The van der Waals surface area contributed by atoms with Crippen molar-refractivity contribution in [3.63, 3.8) is 0 Å². The Morgan fingerprint density at radius 2 is 1.73 bits per heavy atom. The van der Waals surface area contributed by atoms with Crippen molar-refractivity contribution < 1.29 is 18.7 Å². The molecule has 0 unspecified atom stereocenters. The van der Waals surface area contributed by atoms with Crippen LogP contribution < -0.4 is 20.9 Å². The van der Waals surface area contributed by atoms with Crippen molar-refractivity contribution in [2.75, 3.05) is 12.4 Å². The fraction of sp³-hybridized carbons (Fsp3) is 0.0833. The van der Waals surface area contributed by atoms with E-state index in [4.69, 9.17) is 4.74 Å². The topological polar surface area (TPSA) is 102 Å². The Morgan fingerprint density at radius 3 is 2.48 bits per heavy atom. The molecule has 0 aliphatic carbocycles. The number of benzene rings is 2. The quantitative estimate of drug-likeness (QED) is 0.474. The number of nitrogens with zero attached hydrogens (tertiary/aromatic N) is 2. The summed E-state index contributed by atoms with van der Waals surface area (Å²) in [6, 6.07) is 15.3. The molecule has 0 spiro atoms. The number of anilines is 1. The molecule has 33 heavy (non-hydrogen) atoms. The van der Waals surface area contributed by atoms with Crippen molar-refractivity contribution in [3.05, 3.63) is 106 Å².